The molecule has 0 saturated carbocycles. The summed E-state index contributed by atoms with van der Waals surface area (Å²) in [7, 11) is -2.91. The van der Waals surface area contributed by atoms with E-state index < -0.39 is 9.84 Å². The van der Waals surface area contributed by atoms with E-state index in [1.54, 1.807) is 18.2 Å². The molecule has 1 aromatic heterocycles. The molecular weight excluding hydrogens is 360 g/mol. The summed E-state index contributed by atoms with van der Waals surface area (Å²) in [6.45, 7) is 6.09. The lowest BCUT2D eigenvalue weighted by molar-refractivity contribution is -0.113. The lowest BCUT2D eigenvalue weighted by Crippen LogP contribution is -2.17. The van der Waals surface area contributed by atoms with E-state index in [1.165, 1.54) is 11.8 Å². The molecular formula is C17H22N2O4S2. The minimum Gasteiger partial charge on any atom is -0.440 e. The third-order valence-electron chi connectivity index (χ3n) is 3.95. The number of hydrogen-bond acceptors (Lipinski definition) is 6. The van der Waals surface area contributed by atoms with Crippen molar-refractivity contribution in [1.29, 1.82) is 0 Å². The maximum atomic E-state index is 12.1. The monoisotopic (exact) mass is 382 g/mol. The van der Waals surface area contributed by atoms with Gasteiger partial charge >= 0.3 is 0 Å². The van der Waals surface area contributed by atoms with Crippen LogP contribution in [-0.2, 0) is 20.0 Å². The summed E-state index contributed by atoms with van der Waals surface area (Å²) in [5.74, 6) is 1.15. The fraction of sp³-hybridized carbons (Fsp3) is 0.529. The molecule has 2 heterocycles. The Morgan fingerprint density at radius 3 is 2.80 bits per heavy atom. The van der Waals surface area contributed by atoms with Crippen LogP contribution in [0.1, 0.15) is 33.1 Å². The third kappa shape index (κ3) is 4.55. The number of thioether (sulfide) groups is 1. The van der Waals surface area contributed by atoms with Crippen molar-refractivity contribution in [3.05, 3.63) is 24.1 Å². The van der Waals surface area contributed by atoms with Gasteiger partial charge in [-0.15, -0.1) is 11.8 Å². The molecule has 1 unspecified atom stereocenters. The second kappa shape index (κ2) is 6.64. The van der Waals surface area contributed by atoms with E-state index in [9.17, 15) is 13.2 Å². The first-order chi connectivity index (χ1) is 11.6. The van der Waals surface area contributed by atoms with Gasteiger partial charge in [-0.05, 0) is 24.6 Å². The number of benzene rings is 1. The highest BCUT2D eigenvalue weighted by molar-refractivity contribution is 8.02. The van der Waals surface area contributed by atoms with Gasteiger partial charge in [-0.2, -0.15) is 0 Å². The number of anilines is 1. The first-order valence-electron chi connectivity index (χ1n) is 8.15. The number of fused-ring (bicyclic) bond motifs is 1. The summed E-state index contributed by atoms with van der Waals surface area (Å²) in [4.78, 5) is 16.6. The van der Waals surface area contributed by atoms with E-state index in [0.29, 0.717) is 29.1 Å². The predicted molar refractivity (Wildman–Crippen MR) is 101 cm³/mol. The van der Waals surface area contributed by atoms with Crippen LogP contribution >= 0.6 is 11.8 Å². The van der Waals surface area contributed by atoms with Crippen LogP contribution in [-0.4, -0.2) is 41.8 Å². The minimum atomic E-state index is -2.91. The van der Waals surface area contributed by atoms with Crippen LogP contribution < -0.4 is 5.32 Å². The lowest BCUT2D eigenvalue weighted by Gasteiger charge is -2.11. The molecule has 1 aliphatic heterocycles. The number of carbonyl (C=O) groups is 1. The van der Waals surface area contributed by atoms with Crippen LogP contribution in [0.2, 0.25) is 0 Å². The van der Waals surface area contributed by atoms with E-state index in [4.69, 9.17) is 4.42 Å². The molecule has 2 aromatic rings. The number of carbonyl (C=O) groups excluding carboxylic acids is 1. The molecule has 0 spiro atoms. The molecule has 1 aliphatic rings. The summed E-state index contributed by atoms with van der Waals surface area (Å²) < 4.78 is 28.6. The number of hydrogen-bond donors (Lipinski definition) is 1. The summed E-state index contributed by atoms with van der Waals surface area (Å²) in [6, 6.07) is 5.36. The quantitative estimate of drug-likeness (QED) is 0.874. The van der Waals surface area contributed by atoms with E-state index in [-0.39, 0.29) is 33.8 Å². The van der Waals surface area contributed by atoms with Crippen molar-refractivity contribution < 1.29 is 17.6 Å². The molecule has 1 atom stereocenters. The zero-order chi connectivity index (χ0) is 18.2. The van der Waals surface area contributed by atoms with Crippen LogP contribution in [0.5, 0.6) is 0 Å². The summed E-state index contributed by atoms with van der Waals surface area (Å²) in [6.07, 6.45) is 0.626. The molecule has 0 bridgehead atoms. The maximum Gasteiger partial charge on any atom is 0.234 e. The Morgan fingerprint density at radius 1 is 1.40 bits per heavy atom. The summed E-state index contributed by atoms with van der Waals surface area (Å²) in [5, 5.41) is 2.85. The normalized spacial score (nSPS) is 20.0. The van der Waals surface area contributed by atoms with Crippen LogP contribution in [0, 0.1) is 0 Å². The van der Waals surface area contributed by atoms with Gasteiger partial charge in [0.2, 0.25) is 11.8 Å². The fourth-order valence-electron chi connectivity index (χ4n) is 2.61. The molecule has 25 heavy (non-hydrogen) atoms. The molecule has 3 rings (SSSR count). The van der Waals surface area contributed by atoms with E-state index in [0.717, 1.165) is 0 Å². The average Bonchev–Trinajstić information content (AvgIpc) is 3.07. The minimum absolute atomic E-state index is 0.0168. The first-order valence-corrected chi connectivity index (χ1v) is 11.0. The number of rotatable bonds is 4. The van der Waals surface area contributed by atoms with Crippen LogP contribution in [0.3, 0.4) is 0 Å². The van der Waals surface area contributed by atoms with Crippen molar-refractivity contribution in [2.75, 3.05) is 22.6 Å². The molecule has 1 saturated heterocycles. The van der Waals surface area contributed by atoms with Gasteiger partial charge in [0.05, 0.1) is 17.3 Å². The van der Waals surface area contributed by atoms with Gasteiger partial charge in [0.1, 0.15) is 5.52 Å². The van der Waals surface area contributed by atoms with Crippen molar-refractivity contribution in [3.8, 4) is 0 Å². The molecule has 1 N–H and O–H groups in total. The Hall–Kier alpha value is -1.54. The average molecular weight is 383 g/mol. The second-order valence-corrected chi connectivity index (χ2v) is 10.9. The van der Waals surface area contributed by atoms with Crippen molar-refractivity contribution in [3.63, 3.8) is 0 Å². The van der Waals surface area contributed by atoms with Crippen molar-refractivity contribution in [2.45, 2.75) is 37.9 Å². The van der Waals surface area contributed by atoms with E-state index in [2.05, 4.69) is 10.3 Å². The Labute approximate surface area is 151 Å². The standard InChI is InChI=1S/C17H22N2O4S2/c1-17(2,3)16-19-13-8-11(4-5-14(13)23-16)18-15(20)9-24-12-6-7-25(21,22)10-12/h4-5,8,12H,6-7,9-10H2,1-3H3,(H,18,20). The highest BCUT2D eigenvalue weighted by Gasteiger charge is 2.28. The number of aromatic nitrogens is 1. The number of nitrogens with zero attached hydrogens (tertiary/aromatic N) is 1. The van der Waals surface area contributed by atoms with Gasteiger partial charge in [0.15, 0.2) is 15.4 Å². The zero-order valence-electron chi connectivity index (χ0n) is 14.5. The highest BCUT2D eigenvalue weighted by Crippen LogP contribution is 2.28. The number of amides is 1. The van der Waals surface area contributed by atoms with Crippen LogP contribution in [0.25, 0.3) is 11.1 Å². The van der Waals surface area contributed by atoms with Crippen LogP contribution in [0.15, 0.2) is 22.6 Å². The smallest absolute Gasteiger partial charge is 0.234 e. The molecule has 0 radical (unpaired) electrons. The molecule has 136 valence electrons. The maximum absolute atomic E-state index is 12.1. The largest absolute Gasteiger partial charge is 0.440 e. The SMILES string of the molecule is CC(C)(C)c1nc2cc(NC(=O)CSC3CCS(=O)(=O)C3)ccc2o1. The molecule has 0 aliphatic carbocycles. The summed E-state index contributed by atoms with van der Waals surface area (Å²) in [5.41, 5.74) is 1.87. The van der Waals surface area contributed by atoms with Gasteiger partial charge < -0.3 is 9.73 Å². The number of oxazole rings is 1. The molecule has 8 heteroatoms. The highest BCUT2D eigenvalue weighted by atomic mass is 32.2. The lowest BCUT2D eigenvalue weighted by atomic mass is 9.97. The van der Waals surface area contributed by atoms with Crippen LogP contribution in [0.4, 0.5) is 5.69 Å². The molecule has 6 nitrogen and oxygen atoms in total. The van der Waals surface area contributed by atoms with Gasteiger partial charge in [-0.3, -0.25) is 4.79 Å². The van der Waals surface area contributed by atoms with Crippen molar-refractivity contribution >= 4 is 44.3 Å². The molecule has 1 amide bonds. The number of nitrogens with one attached hydrogen (secondary N) is 1. The van der Waals surface area contributed by atoms with Gasteiger partial charge in [0.25, 0.3) is 0 Å². The third-order valence-corrected chi connectivity index (χ3v) is 7.24. The van der Waals surface area contributed by atoms with Gasteiger partial charge in [-0.25, -0.2) is 13.4 Å². The van der Waals surface area contributed by atoms with Gasteiger partial charge in [0, 0.05) is 16.4 Å². The first kappa shape index (κ1) is 18.3. The fourth-order valence-corrected chi connectivity index (χ4v) is 6.05. The van der Waals surface area contributed by atoms with E-state index >= 15 is 0 Å². The van der Waals surface area contributed by atoms with Crippen molar-refractivity contribution in [2.24, 2.45) is 0 Å². The van der Waals surface area contributed by atoms with Crippen molar-refractivity contribution in [1.82, 2.24) is 4.98 Å². The Morgan fingerprint density at radius 2 is 2.16 bits per heavy atom. The Bertz CT molecular complexity index is 897. The zero-order valence-corrected chi connectivity index (χ0v) is 16.2. The predicted octanol–water partition coefficient (Wildman–Crippen LogP) is 2.98. The summed E-state index contributed by atoms with van der Waals surface area (Å²) >= 11 is 1.40. The van der Waals surface area contributed by atoms with Gasteiger partial charge in [-0.1, -0.05) is 20.8 Å². The number of sulfone groups is 1. The second-order valence-electron chi connectivity index (χ2n) is 7.34. The van der Waals surface area contributed by atoms with E-state index in [1.807, 2.05) is 20.8 Å². The molecule has 1 fully saturated rings. The molecule has 1 aromatic carbocycles. The topological polar surface area (TPSA) is 89.3 Å². The Kier molecular flexibility index (Phi) is 4.85. The Balaban J connectivity index is 1.61.